The number of rotatable bonds is 4. The number of nitrogens with two attached hydrogens (primary N) is 1. The Morgan fingerprint density at radius 1 is 1.19 bits per heavy atom. The van der Waals surface area contributed by atoms with Crippen molar-refractivity contribution in [2.45, 2.75) is 5.75 Å². The highest BCUT2D eigenvalue weighted by Crippen LogP contribution is 2.16. The van der Waals surface area contributed by atoms with E-state index in [1.54, 1.807) is 18.2 Å². The molecule has 3 N–H and O–H groups in total. The molecule has 2 aromatic rings. The lowest BCUT2D eigenvalue weighted by molar-refractivity contribution is 0.474. The van der Waals surface area contributed by atoms with Crippen LogP contribution in [0.3, 0.4) is 0 Å². The van der Waals surface area contributed by atoms with E-state index in [4.69, 9.17) is 5.73 Å². The first-order valence-electron chi connectivity index (χ1n) is 6.17. The second kappa shape index (κ2) is 7.85. The average molecular weight is 364 g/mol. The summed E-state index contributed by atoms with van der Waals surface area (Å²) in [6.45, 7) is 0. The van der Waals surface area contributed by atoms with Gasteiger partial charge in [-0.2, -0.15) is 5.10 Å². The lowest BCUT2D eigenvalue weighted by Gasteiger charge is -2.00. The molecule has 0 fully saturated rings. The summed E-state index contributed by atoms with van der Waals surface area (Å²) >= 11 is 4.80. The molecule has 0 spiro atoms. The third kappa shape index (κ3) is 5.24. The minimum absolute atomic E-state index is 0.164. The number of para-hydroxylation sites is 1. The molecule has 2 rings (SSSR count). The van der Waals surface area contributed by atoms with Gasteiger partial charge in [-0.15, -0.1) is 5.10 Å². The van der Waals surface area contributed by atoms with Crippen LogP contribution in [0.1, 0.15) is 11.1 Å². The van der Waals surface area contributed by atoms with E-state index < -0.39 is 0 Å². The van der Waals surface area contributed by atoms with Crippen molar-refractivity contribution in [2.75, 3.05) is 0 Å². The second-order valence-corrected chi connectivity index (χ2v) is 6.07. The van der Waals surface area contributed by atoms with Crippen molar-refractivity contribution in [3.05, 3.63) is 64.1 Å². The van der Waals surface area contributed by atoms with Gasteiger partial charge in [0.15, 0.2) is 5.17 Å². The fourth-order valence-corrected chi connectivity index (χ4v) is 2.39. The van der Waals surface area contributed by atoms with Crippen LogP contribution in [-0.4, -0.2) is 16.5 Å². The predicted octanol–water partition coefficient (Wildman–Crippen LogP) is 3.74. The third-order valence-corrected chi connectivity index (χ3v) is 3.97. The molecule has 0 unspecified atom stereocenters. The van der Waals surface area contributed by atoms with E-state index in [0.29, 0.717) is 10.7 Å². The molecule has 0 saturated carbocycles. The molecule has 108 valence electrons. The SMILES string of the molecule is N/C(=N\N=C\c1ccccc1O)SCc1ccc(Br)cc1. The van der Waals surface area contributed by atoms with Gasteiger partial charge in [0.1, 0.15) is 5.75 Å². The van der Waals surface area contributed by atoms with Crippen molar-refractivity contribution >= 4 is 39.1 Å². The summed E-state index contributed by atoms with van der Waals surface area (Å²) in [5.41, 5.74) is 7.54. The molecule has 4 nitrogen and oxygen atoms in total. The van der Waals surface area contributed by atoms with Crippen LogP contribution in [0.25, 0.3) is 0 Å². The van der Waals surface area contributed by atoms with Crippen molar-refractivity contribution in [2.24, 2.45) is 15.9 Å². The molecule has 0 amide bonds. The Kier molecular flexibility index (Phi) is 5.83. The fourth-order valence-electron chi connectivity index (χ4n) is 1.51. The fraction of sp³-hybridized carbons (Fsp3) is 0.0667. The molecule has 0 atom stereocenters. The molecule has 0 heterocycles. The summed E-state index contributed by atoms with van der Waals surface area (Å²) in [5, 5.41) is 17.7. The monoisotopic (exact) mass is 363 g/mol. The molecule has 0 saturated heterocycles. The van der Waals surface area contributed by atoms with Gasteiger partial charge in [0.05, 0.1) is 6.21 Å². The van der Waals surface area contributed by atoms with E-state index >= 15 is 0 Å². The molecule has 6 heteroatoms. The molecule has 0 bridgehead atoms. The van der Waals surface area contributed by atoms with Gasteiger partial charge < -0.3 is 10.8 Å². The Morgan fingerprint density at radius 2 is 1.90 bits per heavy atom. The van der Waals surface area contributed by atoms with Crippen LogP contribution < -0.4 is 5.73 Å². The van der Waals surface area contributed by atoms with Crippen molar-refractivity contribution < 1.29 is 5.11 Å². The van der Waals surface area contributed by atoms with E-state index in [0.717, 1.165) is 15.8 Å². The Labute approximate surface area is 135 Å². The lowest BCUT2D eigenvalue weighted by atomic mass is 10.2. The molecule has 0 aliphatic rings. The van der Waals surface area contributed by atoms with Crippen LogP contribution in [-0.2, 0) is 5.75 Å². The number of nitrogens with zero attached hydrogens (tertiary/aromatic N) is 2. The molecular weight excluding hydrogens is 350 g/mol. The van der Waals surface area contributed by atoms with Crippen molar-refractivity contribution in [1.82, 2.24) is 0 Å². The number of aromatic hydroxyl groups is 1. The summed E-state index contributed by atoms with van der Waals surface area (Å²) in [6, 6.07) is 14.9. The molecule has 21 heavy (non-hydrogen) atoms. The van der Waals surface area contributed by atoms with Gasteiger partial charge in [-0.25, -0.2) is 0 Å². The first kappa shape index (κ1) is 15.6. The number of phenols is 1. The Morgan fingerprint density at radius 3 is 2.62 bits per heavy atom. The van der Waals surface area contributed by atoms with Crippen LogP contribution in [0.15, 0.2) is 63.2 Å². The maximum Gasteiger partial charge on any atom is 0.180 e. The second-order valence-electron chi connectivity index (χ2n) is 4.16. The zero-order chi connectivity index (χ0) is 15.1. The minimum atomic E-state index is 0.164. The van der Waals surface area contributed by atoms with Gasteiger partial charge in [0.25, 0.3) is 0 Å². The van der Waals surface area contributed by atoms with Crippen LogP contribution in [0.2, 0.25) is 0 Å². The first-order valence-corrected chi connectivity index (χ1v) is 7.95. The van der Waals surface area contributed by atoms with Gasteiger partial charge in [-0.05, 0) is 29.8 Å². The lowest BCUT2D eigenvalue weighted by Crippen LogP contribution is -2.06. The van der Waals surface area contributed by atoms with Gasteiger partial charge in [0, 0.05) is 15.8 Å². The number of benzene rings is 2. The highest BCUT2D eigenvalue weighted by molar-refractivity contribution is 9.10. The summed E-state index contributed by atoms with van der Waals surface area (Å²) in [6.07, 6.45) is 1.47. The smallest absolute Gasteiger partial charge is 0.180 e. The third-order valence-electron chi connectivity index (χ3n) is 2.59. The number of hydrogen-bond donors (Lipinski definition) is 2. The average Bonchev–Trinajstić information content (AvgIpc) is 2.49. The summed E-state index contributed by atoms with van der Waals surface area (Å²) in [7, 11) is 0. The maximum atomic E-state index is 9.57. The zero-order valence-corrected chi connectivity index (χ0v) is 13.5. The Balaban J connectivity index is 1.89. The molecule has 2 aromatic carbocycles. The van der Waals surface area contributed by atoms with Crippen molar-refractivity contribution in [3.8, 4) is 5.75 Å². The summed E-state index contributed by atoms with van der Waals surface area (Å²) < 4.78 is 1.05. The first-order chi connectivity index (χ1) is 10.1. The van der Waals surface area contributed by atoms with E-state index in [2.05, 4.69) is 26.1 Å². The van der Waals surface area contributed by atoms with Crippen molar-refractivity contribution in [3.63, 3.8) is 0 Å². The molecule has 0 aromatic heterocycles. The Hall–Kier alpha value is -1.79. The quantitative estimate of drug-likeness (QED) is 0.493. The van der Waals surface area contributed by atoms with Gasteiger partial charge in [-0.3, -0.25) is 0 Å². The van der Waals surface area contributed by atoms with Crippen molar-refractivity contribution in [1.29, 1.82) is 0 Å². The van der Waals surface area contributed by atoms with Gasteiger partial charge in [-0.1, -0.05) is 52.0 Å². The summed E-state index contributed by atoms with van der Waals surface area (Å²) in [4.78, 5) is 0. The Bertz CT molecular complexity index is 656. The highest BCUT2D eigenvalue weighted by atomic mass is 79.9. The van der Waals surface area contributed by atoms with Crippen LogP contribution in [0, 0.1) is 0 Å². The number of thioether (sulfide) groups is 1. The van der Waals surface area contributed by atoms with E-state index in [1.165, 1.54) is 18.0 Å². The van der Waals surface area contributed by atoms with E-state index in [9.17, 15) is 5.11 Å². The van der Waals surface area contributed by atoms with Crippen LogP contribution >= 0.6 is 27.7 Å². The number of hydrogen-bond acceptors (Lipinski definition) is 4. The zero-order valence-electron chi connectivity index (χ0n) is 11.1. The maximum absolute atomic E-state index is 9.57. The summed E-state index contributed by atoms with van der Waals surface area (Å²) in [5.74, 6) is 0.895. The molecule has 0 aliphatic heterocycles. The predicted molar refractivity (Wildman–Crippen MR) is 92.8 cm³/mol. The van der Waals surface area contributed by atoms with Gasteiger partial charge in [0.2, 0.25) is 0 Å². The van der Waals surface area contributed by atoms with E-state index in [-0.39, 0.29) is 5.75 Å². The topological polar surface area (TPSA) is 71.0 Å². The van der Waals surface area contributed by atoms with Crippen LogP contribution in [0.4, 0.5) is 0 Å². The molecule has 0 radical (unpaired) electrons. The van der Waals surface area contributed by atoms with E-state index in [1.807, 2.05) is 30.3 Å². The molecular formula is C15H14BrN3OS. The normalized spacial score (nSPS) is 12.0. The van der Waals surface area contributed by atoms with Gasteiger partial charge >= 0.3 is 0 Å². The number of phenolic OH excluding ortho intramolecular Hbond substituents is 1. The minimum Gasteiger partial charge on any atom is -0.507 e. The standard InChI is InChI=1S/C15H14BrN3OS/c16-13-7-5-11(6-8-13)10-21-15(17)19-18-9-12-3-1-2-4-14(12)20/h1-9,20H,10H2,(H2,17,19)/b18-9+. The largest absolute Gasteiger partial charge is 0.507 e. The number of amidine groups is 1. The van der Waals surface area contributed by atoms with Crippen LogP contribution in [0.5, 0.6) is 5.75 Å². The molecule has 0 aliphatic carbocycles. The number of halogens is 1. The highest BCUT2D eigenvalue weighted by Gasteiger charge is 1.98.